The molecule has 0 heterocycles. The third-order valence-corrected chi connectivity index (χ3v) is 6.97. The summed E-state index contributed by atoms with van der Waals surface area (Å²) in [4.78, 5) is 12.4. The van der Waals surface area contributed by atoms with Crippen molar-refractivity contribution in [1.82, 2.24) is 0 Å². The fraction of sp³-hybridized carbons (Fsp3) is 0.850. The van der Waals surface area contributed by atoms with Gasteiger partial charge in [0.05, 0.1) is 12.2 Å². The SMILES string of the molecule is C=C(COC(C(F)(F)F)C(F)(F)F)C(=O)OC(C)(C)C12CC3CC(CC(C3)C1)C2. The normalized spacial score (nSPS) is 32.0. The van der Waals surface area contributed by atoms with Gasteiger partial charge in [-0.2, -0.15) is 26.3 Å². The second-order valence-electron chi connectivity index (χ2n) is 9.48. The molecule has 3 nitrogen and oxygen atoms in total. The molecule has 0 aromatic carbocycles. The van der Waals surface area contributed by atoms with E-state index in [-0.39, 0.29) is 5.41 Å². The van der Waals surface area contributed by atoms with Crippen molar-refractivity contribution < 1.29 is 40.6 Å². The molecular formula is C20H26F6O3. The summed E-state index contributed by atoms with van der Waals surface area (Å²) in [5.41, 5.74) is -1.67. The quantitative estimate of drug-likeness (QED) is 0.314. The first kappa shape index (κ1) is 22.4. The van der Waals surface area contributed by atoms with Gasteiger partial charge in [-0.15, -0.1) is 0 Å². The lowest BCUT2D eigenvalue weighted by Crippen LogP contribution is -2.57. The number of alkyl halides is 6. The molecule has 4 aliphatic rings. The van der Waals surface area contributed by atoms with Crippen LogP contribution in [0, 0.1) is 23.2 Å². The number of hydrogen-bond acceptors (Lipinski definition) is 3. The van der Waals surface area contributed by atoms with E-state index in [1.54, 1.807) is 13.8 Å². The molecule has 4 bridgehead atoms. The van der Waals surface area contributed by atoms with E-state index in [0.717, 1.165) is 19.3 Å². The van der Waals surface area contributed by atoms with Gasteiger partial charge in [0.2, 0.25) is 6.10 Å². The van der Waals surface area contributed by atoms with E-state index in [4.69, 9.17) is 4.74 Å². The van der Waals surface area contributed by atoms with Gasteiger partial charge in [0.15, 0.2) is 0 Å². The molecule has 166 valence electrons. The van der Waals surface area contributed by atoms with Gasteiger partial charge < -0.3 is 9.47 Å². The molecule has 0 radical (unpaired) electrons. The zero-order valence-corrected chi connectivity index (χ0v) is 16.5. The molecule has 0 aromatic heterocycles. The predicted molar refractivity (Wildman–Crippen MR) is 91.8 cm³/mol. The molecule has 0 amide bonds. The topological polar surface area (TPSA) is 35.5 Å². The minimum absolute atomic E-state index is 0.209. The Morgan fingerprint density at radius 1 is 0.966 bits per heavy atom. The van der Waals surface area contributed by atoms with E-state index in [0.29, 0.717) is 17.8 Å². The van der Waals surface area contributed by atoms with Crippen LogP contribution in [-0.2, 0) is 14.3 Å². The molecule has 4 aliphatic carbocycles. The molecule has 0 atom stereocenters. The highest BCUT2D eigenvalue weighted by Gasteiger charge is 2.60. The number of rotatable bonds is 6. The standard InChI is InChI=1S/C20H26F6O3/c1-11(10-28-16(19(21,22)23)20(24,25)26)15(27)29-17(2,3)18-7-12-4-13(8-18)6-14(5-12)9-18/h12-14,16H,1,4-10H2,2-3H3. The minimum atomic E-state index is -5.64. The maximum absolute atomic E-state index is 12.6. The largest absolute Gasteiger partial charge is 0.456 e. The summed E-state index contributed by atoms with van der Waals surface area (Å²) in [5.74, 6) is 0.745. The monoisotopic (exact) mass is 428 g/mol. The number of halogens is 6. The van der Waals surface area contributed by atoms with Crippen molar-refractivity contribution in [3.8, 4) is 0 Å². The smallest absolute Gasteiger partial charge is 0.423 e. The minimum Gasteiger partial charge on any atom is -0.456 e. The first-order valence-electron chi connectivity index (χ1n) is 9.79. The van der Waals surface area contributed by atoms with E-state index in [1.807, 2.05) is 0 Å². The van der Waals surface area contributed by atoms with Gasteiger partial charge in [0.25, 0.3) is 0 Å². The molecule has 4 rings (SSSR count). The van der Waals surface area contributed by atoms with Gasteiger partial charge in [-0.1, -0.05) is 6.58 Å². The molecule has 0 unspecified atom stereocenters. The Kier molecular flexibility index (Phi) is 5.54. The lowest BCUT2D eigenvalue weighted by atomic mass is 9.46. The Bertz CT molecular complexity index is 615. The summed E-state index contributed by atoms with van der Waals surface area (Å²) >= 11 is 0. The van der Waals surface area contributed by atoms with Crippen molar-refractivity contribution in [3.63, 3.8) is 0 Å². The van der Waals surface area contributed by atoms with Gasteiger partial charge in [0.1, 0.15) is 5.60 Å². The molecule has 29 heavy (non-hydrogen) atoms. The van der Waals surface area contributed by atoms with Crippen LogP contribution in [0.2, 0.25) is 0 Å². The second kappa shape index (κ2) is 7.17. The number of esters is 1. The Hall–Kier alpha value is -1.25. The van der Waals surface area contributed by atoms with Gasteiger partial charge in [-0.05, 0) is 70.1 Å². The van der Waals surface area contributed by atoms with Crippen LogP contribution in [0.5, 0.6) is 0 Å². The van der Waals surface area contributed by atoms with E-state index in [2.05, 4.69) is 11.3 Å². The first-order chi connectivity index (χ1) is 13.1. The highest BCUT2D eigenvalue weighted by atomic mass is 19.4. The summed E-state index contributed by atoms with van der Waals surface area (Å²) in [6.45, 7) is 5.63. The first-order valence-corrected chi connectivity index (χ1v) is 9.79. The van der Waals surface area contributed by atoms with Crippen molar-refractivity contribution in [2.24, 2.45) is 23.2 Å². The molecule has 0 aliphatic heterocycles. The summed E-state index contributed by atoms with van der Waals surface area (Å²) in [6.07, 6.45) is -8.94. The van der Waals surface area contributed by atoms with Crippen LogP contribution in [-0.4, -0.2) is 36.6 Å². The summed E-state index contributed by atoms with van der Waals surface area (Å²) < 4.78 is 85.0. The lowest BCUT2D eigenvalue weighted by molar-refractivity contribution is -0.320. The third kappa shape index (κ3) is 4.44. The van der Waals surface area contributed by atoms with Crippen LogP contribution in [0.15, 0.2) is 12.2 Å². The van der Waals surface area contributed by atoms with Crippen LogP contribution in [0.1, 0.15) is 52.4 Å². The van der Waals surface area contributed by atoms with E-state index in [1.165, 1.54) is 19.3 Å². The highest BCUT2D eigenvalue weighted by Crippen LogP contribution is 2.64. The lowest BCUT2D eigenvalue weighted by Gasteiger charge is -2.61. The fourth-order valence-electron chi connectivity index (χ4n) is 5.88. The van der Waals surface area contributed by atoms with E-state index >= 15 is 0 Å². The van der Waals surface area contributed by atoms with Crippen LogP contribution in [0.3, 0.4) is 0 Å². The Morgan fingerprint density at radius 3 is 1.76 bits per heavy atom. The van der Waals surface area contributed by atoms with Crippen molar-refractivity contribution in [1.29, 1.82) is 0 Å². The van der Waals surface area contributed by atoms with Crippen LogP contribution in [0.25, 0.3) is 0 Å². The van der Waals surface area contributed by atoms with Crippen molar-refractivity contribution in [3.05, 3.63) is 12.2 Å². The highest BCUT2D eigenvalue weighted by molar-refractivity contribution is 5.88. The fourth-order valence-corrected chi connectivity index (χ4v) is 5.88. The number of carbonyl (C=O) groups is 1. The molecular weight excluding hydrogens is 402 g/mol. The predicted octanol–water partition coefficient (Wildman–Crippen LogP) is 5.59. The third-order valence-electron chi connectivity index (χ3n) is 6.97. The summed E-state index contributed by atoms with van der Waals surface area (Å²) in [7, 11) is 0. The Balaban J connectivity index is 1.63. The molecule has 0 aromatic rings. The molecule has 0 saturated heterocycles. The zero-order chi connectivity index (χ0) is 21.8. The summed E-state index contributed by atoms with van der Waals surface area (Å²) in [6, 6.07) is 0. The summed E-state index contributed by atoms with van der Waals surface area (Å²) in [5, 5.41) is 0. The van der Waals surface area contributed by atoms with Gasteiger partial charge in [-0.3, -0.25) is 0 Å². The zero-order valence-electron chi connectivity index (χ0n) is 16.5. The van der Waals surface area contributed by atoms with E-state index in [9.17, 15) is 31.1 Å². The molecule has 0 spiro atoms. The van der Waals surface area contributed by atoms with E-state index < -0.39 is 42.2 Å². The number of ether oxygens (including phenoxy) is 2. The van der Waals surface area contributed by atoms with Crippen molar-refractivity contribution in [2.75, 3.05) is 6.61 Å². The maximum atomic E-state index is 12.6. The van der Waals surface area contributed by atoms with Crippen LogP contribution >= 0.6 is 0 Å². The van der Waals surface area contributed by atoms with Crippen LogP contribution in [0.4, 0.5) is 26.3 Å². The Morgan fingerprint density at radius 2 is 1.38 bits per heavy atom. The van der Waals surface area contributed by atoms with Crippen molar-refractivity contribution in [2.45, 2.75) is 76.4 Å². The number of carbonyl (C=O) groups excluding carboxylic acids is 1. The average molecular weight is 428 g/mol. The second-order valence-corrected chi connectivity index (χ2v) is 9.48. The molecule has 0 N–H and O–H groups in total. The molecule has 9 heteroatoms. The average Bonchev–Trinajstić information content (AvgIpc) is 2.50. The maximum Gasteiger partial charge on any atom is 0.423 e. The number of hydrogen-bond donors (Lipinski definition) is 0. The molecule has 4 saturated carbocycles. The Labute approximate surface area is 165 Å². The molecule has 4 fully saturated rings. The van der Waals surface area contributed by atoms with Crippen LogP contribution < -0.4 is 0 Å². The van der Waals surface area contributed by atoms with Crippen molar-refractivity contribution >= 4 is 5.97 Å². The van der Waals surface area contributed by atoms with Gasteiger partial charge >= 0.3 is 18.3 Å². The van der Waals surface area contributed by atoms with Gasteiger partial charge in [0, 0.05) is 5.41 Å². The van der Waals surface area contributed by atoms with Gasteiger partial charge in [-0.25, -0.2) is 4.79 Å².